The summed E-state index contributed by atoms with van der Waals surface area (Å²) in [6, 6.07) is 4.61. The molecule has 4 bridgehead atoms. The van der Waals surface area contributed by atoms with E-state index in [-0.39, 0.29) is 69.0 Å². The second-order valence-electron chi connectivity index (χ2n) is 15.1. The van der Waals surface area contributed by atoms with Gasteiger partial charge in [-0.1, -0.05) is 24.2 Å². The number of fused-ring (bicyclic) bond motifs is 1. The van der Waals surface area contributed by atoms with E-state index in [9.17, 15) is 19.1 Å². The Morgan fingerprint density at radius 1 is 1.08 bits per heavy atom. The molecule has 8 rings (SSSR count). The van der Waals surface area contributed by atoms with Gasteiger partial charge in [-0.15, -0.1) is 0 Å². The van der Waals surface area contributed by atoms with E-state index >= 15 is 4.39 Å². The van der Waals surface area contributed by atoms with Crippen LogP contribution in [0.4, 0.5) is 14.6 Å². The lowest BCUT2D eigenvalue weighted by Crippen LogP contribution is -2.58. The number of nitrogens with zero attached hydrogens (tertiary/aromatic N) is 4. The summed E-state index contributed by atoms with van der Waals surface area (Å²) >= 11 is 6.61. The van der Waals surface area contributed by atoms with Crippen LogP contribution in [0.3, 0.4) is 0 Å². The number of halogens is 3. The minimum Gasteiger partial charge on any atom is -0.507 e. The Morgan fingerprint density at radius 2 is 1.78 bits per heavy atom. The molecule has 0 radical (unpaired) electrons. The van der Waals surface area contributed by atoms with Crippen LogP contribution in [0.2, 0.25) is 5.02 Å². The molecule has 1 aromatic heterocycles. The van der Waals surface area contributed by atoms with Crippen molar-refractivity contribution in [3.63, 3.8) is 0 Å². The number of aromatic hydroxyl groups is 1. The zero-order chi connectivity index (χ0) is 35.3. The first-order valence-corrected chi connectivity index (χ1v) is 18.1. The van der Waals surface area contributed by atoms with Crippen LogP contribution in [0.1, 0.15) is 65.2 Å². The summed E-state index contributed by atoms with van der Waals surface area (Å²) in [7, 11) is 0. The number of nitrogens with one attached hydrogen (secondary N) is 1. The topological polar surface area (TPSA) is 108 Å². The molecule has 3 aromatic rings. The number of carbonyl (C=O) groups excluding carboxylic acids is 2. The van der Waals surface area contributed by atoms with Crippen molar-refractivity contribution in [3.8, 4) is 22.9 Å². The fraction of sp³-hybridized carbons (Fsp3) is 0.526. The number of ether oxygens (including phenoxy) is 1. The van der Waals surface area contributed by atoms with E-state index in [2.05, 4.69) is 16.9 Å². The van der Waals surface area contributed by atoms with Crippen LogP contribution in [-0.4, -0.2) is 70.1 Å². The largest absolute Gasteiger partial charge is 0.507 e. The molecule has 4 saturated carbocycles. The lowest BCUT2D eigenvalue weighted by molar-refractivity contribution is -0.130. The van der Waals surface area contributed by atoms with Crippen molar-refractivity contribution >= 4 is 40.1 Å². The Morgan fingerprint density at radius 3 is 2.44 bits per heavy atom. The van der Waals surface area contributed by atoms with Gasteiger partial charge >= 0.3 is 6.01 Å². The average molecular weight is 708 g/mol. The van der Waals surface area contributed by atoms with Crippen molar-refractivity contribution in [1.29, 1.82) is 0 Å². The molecule has 0 spiro atoms. The first-order chi connectivity index (χ1) is 23.9. The standard InChI is InChI=1S/C38H44ClF2N5O4/c1-4-31(49)45-19-22(3)46(20-21(45)2)36-26-14-27(39)32(33-28(40)7-5-8-29(33)47)34(41)35(26)43-37(44-36)50-10-6-9-42-30(48)18-38-15-23-11-24(16-38)13-25(12-23)17-38/h4-5,7-8,14,21-25,47H,1,6,9-13,15-20H2,2-3H3,(H,42,48)/t21-,22+,23?,24?,25?,38?/m1/s1. The van der Waals surface area contributed by atoms with Gasteiger partial charge in [0.25, 0.3) is 0 Å². The predicted octanol–water partition coefficient (Wildman–Crippen LogP) is 7.04. The Kier molecular flexibility index (Phi) is 9.39. The van der Waals surface area contributed by atoms with Gasteiger partial charge in [-0.3, -0.25) is 9.59 Å². The van der Waals surface area contributed by atoms with Crippen molar-refractivity contribution in [1.82, 2.24) is 20.2 Å². The second-order valence-corrected chi connectivity index (χ2v) is 15.5. The lowest BCUT2D eigenvalue weighted by Gasteiger charge is -2.56. The van der Waals surface area contributed by atoms with E-state index in [0.29, 0.717) is 38.3 Å². The molecule has 0 unspecified atom stereocenters. The first kappa shape index (κ1) is 34.5. The van der Waals surface area contributed by atoms with Gasteiger partial charge in [0.05, 0.1) is 17.2 Å². The van der Waals surface area contributed by atoms with Crippen LogP contribution < -0.4 is 15.0 Å². The molecule has 2 aromatic carbocycles. The SMILES string of the molecule is C=CC(=O)N1C[C@H](C)N(c2nc(OCCCNC(=O)CC34CC5CC(CC(C5)C3)C4)nc3c(F)c(-c4c(O)cccc4F)c(Cl)cc23)C[C@H]1C. The number of rotatable bonds is 10. The van der Waals surface area contributed by atoms with Crippen molar-refractivity contribution in [2.45, 2.75) is 77.3 Å². The number of amides is 2. The number of anilines is 1. The Labute approximate surface area is 296 Å². The lowest BCUT2D eigenvalue weighted by atomic mass is 9.49. The van der Waals surface area contributed by atoms with Crippen LogP contribution in [0.5, 0.6) is 11.8 Å². The number of aromatic nitrogens is 2. The fourth-order valence-corrected chi connectivity index (χ4v) is 9.94. The Balaban J connectivity index is 1.11. The van der Waals surface area contributed by atoms with Gasteiger partial charge in [-0.05, 0) is 106 Å². The fourth-order valence-electron chi connectivity index (χ4n) is 9.65. The maximum absolute atomic E-state index is 16.5. The minimum atomic E-state index is -0.931. The third kappa shape index (κ3) is 6.49. The highest BCUT2D eigenvalue weighted by Crippen LogP contribution is 2.61. The van der Waals surface area contributed by atoms with E-state index in [0.717, 1.165) is 23.8 Å². The second kappa shape index (κ2) is 13.6. The minimum absolute atomic E-state index is 0.0799. The normalized spacial score (nSPS) is 27.1. The molecule has 50 heavy (non-hydrogen) atoms. The van der Waals surface area contributed by atoms with Crippen LogP contribution in [0.15, 0.2) is 36.9 Å². The van der Waals surface area contributed by atoms with Crippen molar-refractivity contribution in [2.75, 3.05) is 31.1 Å². The van der Waals surface area contributed by atoms with Crippen LogP contribution in [0.25, 0.3) is 22.0 Å². The highest BCUT2D eigenvalue weighted by molar-refractivity contribution is 6.34. The molecular weight excluding hydrogens is 664 g/mol. The smallest absolute Gasteiger partial charge is 0.319 e. The highest BCUT2D eigenvalue weighted by atomic mass is 35.5. The van der Waals surface area contributed by atoms with Gasteiger partial charge in [-0.2, -0.15) is 9.97 Å². The molecule has 12 heteroatoms. The quantitative estimate of drug-likeness (QED) is 0.172. The zero-order valence-corrected chi connectivity index (χ0v) is 29.3. The summed E-state index contributed by atoms with van der Waals surface area (Å²) in [6.07, 6.45) is 9.88. The molecule has 9 nitrogen and oxygen atoms in total. The molecule has 1 aliphatic heterocycles. The van der Waals surface area contributed by atoms with Crippen LogP contribution in [0, 0.1) is 34.8 Å². The maximum atomic E-state index is 16.5. The third-order valence-corrected chi connectivity index (χ3v) is 11.7. The van der Waals surface area contributed by atoms with Crippen LogP contribution in [-0.2, 0) is 9.59 Å². The van der Waals surface area contributed by atoms with E-state index < -0.39 is 17.4 Å². The molecule has 5 aliphatic rings. The molecule has 5 fully saturated rings. The van der Waals surface area contributed by atoms with E-state index in [1.54, 1.807) is 4.90 Å². The number of piperazine rings is 1. The number of hydrogen-bond acceptors (Lipinski definition) is 7. The van der Waals surface area contributed by atoms with Crippen LogP contribution >= 0.6 is 11.6 Å². The third-order valence-electron chi connectivity index (χ3n) is 11.4. The first-order valence-electron chi connectivity index (χ1n) is 17.7. The summed E-state index contributed by atoms with van der Waals surface area (Å²) in [5.41, 5.74) is -0.688. The molecule has 2 heterocycles. The molecule has 2 atom stereocenters. The monoisotopic (exact) mass is 707 g/mol. The number of phenolic OH excluding ortho intramolecular Hbond substituents is 1. The molecule has 2 amide bonds. The summed E-state index contributed by atoms with van der Waals surface area (Å²) < 4.78 is 37.4. The number of benzene rings is 2. The van der Waals surface area contributed by atoms with Gasteiger partial charge in [0.15, 0.2) is 5.82 Å². The van der Waals surface area contributed by atoms with Gasteiger partial charge in [0, 0.05) is 49.1 Å². The summed E-state index contributed by atoms with van der Waals surface area (Å²) in [6.45, 7) is 8.77. The highest BCUT2D eigenvalue weighted by Gasteiger charge is 2.51. The molecule has 4 aliphatic carbocycles. The van der Waals surface area contributed by atoms with E-state index in [4.69, 9.17) is 21.3 Å². The molecule has 1 saturated heterocycles. The van der Waals surface area contributed by atoms with Gasteiger partial charge in [0.1, 0.15) is 22.9 Å². The summed E-state index contributed by atoms with van der Waals surface area (Å²) in [5.74, 6) is 0.363. The van der Waals surface area contributed by atoms with Gasteiger partial charge in [0.2, 0.25) is 11.8 Å². The van der Waals surface area contributed by atoms with Gasteiger partial charge < -0.3 is 25.0 Å². The summed E-state index contributed by atoms with van der Waals surface area (Å²) in [4.78, 5) is 38.3. The Hall–Kier alpha value is -3.99. The molecule has 266 valence electrons. The Bertz CT molecular complexity index is 1780. The molecular formula is C38H44ClF2N5O4. The number of hydrogen-bond donors (Lipinski definition) is 2. The molecule has 2 N–H and O–H groups in total. The maximum Gasteiger partial charge on any atom is 0.319 e. The van der Waals surface area contributed by atoms with Crippen molar-refractivity contribution < 1.29 is 28.2 Å². The number of phenols is 1. The predicted molar refractivity (Wildman–Crippen MR) is 188 cm³/mol. The van der Waals surface area contributed by atoms with E-state index in [1.165, 1.54) is 62.8 Å². The van der Waals surface area contributed by atoms with Crippen molar-refractivity contribution in [2.24, 2.45) is 23.2 Å². The van der Waals surface area contributed by atoms with Crippen molar-refractivity contribution in [3.05, 3.63) is 53.6 Å². The number of carbonyl (C=O) groups is 2. The van der Waals surface area contributed by atoms with E-state index in [1.807, 2.05) is 18.7 Å². The average Bonchev–Trinajstić information content (AvgIpc) is 3.05. The van der Waals surface area contributed by atoms with Gasteiger partial charge in [-0.25, -0.2) is 8.78 Å². The zero-order valence-electron chi connectivity index (χ0n) is 28.6. The summed E-state index contributed by atoms with van der Waals surface area (Å²) in [5, 5.41) is 13.7.